The Labute approximate surface area is 155 Å². The molecule has 0 saturated carbocycles. The lowest BCUT2D eigenvalue weighted by Crippen LogP contribution is -2.32. The summed E-state index contributed by atoms with van der Waals surface area (Å²) in [6.45, 7) is 8.33. The fourth-order valence-electron chi connectivity index (χ4n) is 2.43. The van der Waals surface area contributed by atoms with Crippen LogP contribution < -0.4 is 10.2 Å². The van der Waals surface area contributed by atoms with Crippen molar-refractivity contribution in [2.75, 3.05) is 83.9 Å². The molecule has 25 heavy (non-hydrogen) atoms. The third-order valence-corrected chi connectivity index (χ3v) is 4.05. The second-order valence-corrected chi connectivity index (χ2v) is 6.10. The van der Waals surface area contributed by atoms with Crippen LogP contribution in [0.3, 0.4) is 0 Å². The average molecular weight is 373 g/mol. The summed E-state index contributed by atoms with van der Waals surface area (Å²) in [6, 6.07) is 7.85. The summed E-state index contributed by atoms with van der Waals surface area (Å²) in [7, 11) is 0. The zero-order chi connectivity index (χ0) is 17.6. The zero-order valence-electron chi connectivity index (χ0n) is 14.8. The standard InChI is InChI=1S/C18H29ClN2O4/c19-17-1-3-18(4-2-17)21-7-11-24-15-13-22-9-5-20-6-10-23-14-16-25-12-8-21/h1-4,20H,5-16H2. The predicted octanol–water partition coefficient (Wildman–Crippen LogP) is 1.82. The molecule has 0 amide bonds. The molecular formula is C18H29ClN2O4. The van der Waals surface area contributed by atoms with Crippen molar-refractivity contribution in [3.05, 3.63) is 29.3 Å². The lowest BCUT2D eigenvalue weighted by atomic mass is 10.3. The molecule has 0 unspecified atom stereocenters. The molecule has 142 valence electrons. The smallest absolute Gasteiger partial charge is 0.0701 e. The Bertz CT molecular complexity index is 429. The van der Waals surface area contributed by atoms with Gasteiger partial charge in [-0.2, -0.15) is 0 Å². The van der Waals surface area contributed by atoms with Crippen molar-refractivity contribution in [2.24, 2.45) is 0 Å². The molecule has 0 atom stereocenters. The summed E-state index contributed by atoms with van der Waals surface area (Å²) < 4.78 is 22.4. The van der Waals surface area contributed by atoms with Gasteiger partial charge in [-0.15, -0.1) is 0 Å². The minimum absolute atomic E-state index is 0.605. The van der Waals surface area contributed by atoms with E-state index in [2.05, 4.69) is 10.2 Å². The molecule has 1 aromatic rings. The van der Waals surface area contributed by atoms with Crippen LogP contribution in [0.25, 0.3) is 0 Å². The van der Waals surface area contributed by atoms with Crippen molar-refractivity contribution in [3.63, 3.8) is 0 Å². The van der Waals surface area contributed by atoms with Gasteiger partial charge < -0.3 is 29.2 Å². The number of rotatable bonds is 1. The second kappa shape index (κ2) is 13.3. The van der Waals surface area contributed by atoms with E-state index >= 15 is 0 Å². The van der Waals surface area contributed by atoms with Gasteiger partial charge in [0.1, 0.15) is 0 Å². The fourth-order valence-corrected chi connectivity index (χ4v) is 2.56. The normalized spacial score (nSPS) is 20.6. The van der Waals surface area contributed by atoms with Crippen molar-refractivity contribution >= 4 is 17.3 Å². The Morgan fingerprint density at radius 3 is 1.68 bits per heavy atom. The second-order valence-electron chi connectivity index (χ2n) is 5.66. The molecule has 7 heteroatoms. The van der Waals surface area contributed by atoms with E-state index in [4.69, 9.17) is 30.5 Å². The van der Waals surface area contributed by atoms with Gasteiger partial charge in [-0.3, -0.25) is 0 Å². The summed E-state index contributed by atoms with van der Waals surface area (Å²) in [5.74, 6) is 0. The average Bonchev–Trinajstić information content (AvgIpc) is 2.62. The van der Waals surface area contributed by atoms with Gasteiger partial charge in [0.25, 0.3) is 0 Å². The molecule has 1 saturated heterocycles. The molecule has 1 aliphatic heterocycles. The summed E-state index contributed by atoms with van der Waals surface area (Å²) in [5.41, 5.74) is 1.12. The summed E-state index contributed by atoms with van der Waals surface area (Å²) in [5, 5.41) is 4.01. The predicted molar refractivity (Wildman–Crippen MR) is 99.8 cm³/mol. The Kier molecular flexibility index (Phi) is 10.9. The van der Waals surface area contributed by atoms with Crippen LogP contribution in [-0.2, 0) is 18.9 Å². The first-order valence-corrected chi connectivity index (χ1v) is 9.26. The SMILES string of the molecule is Clc1ccc(N2CCOCCOCCNCCOCCOCC2)cc1. The number of nitrogens with one attached hydrogen (secondary N) is 1. The summed E-state index contributed by atoms with van der Waals surface area (Å²) in [4.78, 5) is 2.24. The minimum atomic E-state index is 0.605. The maximum atomic E-state index is 5.98. The molecule has 1 fully saturated rings. The third-order valence-electron chi connectivity index (χ3n) is 3.79. The largest absolute Gasteiger partial charge is 0.378 e. The highest BCUT2D eigenvalue weighted by Gasteiger charge is 2.07. The first-order valence-electron chi connectivity index (χ1n) is 8.88. The van der Waals surface area contributed by atoms with Crippen LogP contribution in [-0.4, -0.2) is 79.0 Å². The fraction of sp³-hybridized carbons (Fsp3) is 0.667. The molecule has 0 aliphatic carbocycles. The number of nitrogens with zero attached hydrogens (tertiary/aromatic N) is 1. The highest BCUT2D eigenvalue weighted by Crippen LogP contribution is 2.17. The molecule has 6 nitrogen and oxygen atoms in total. The first kappa shape index (κ1) is 20.4. The van der Waals surface area contributed by atoms with Gasteiger partial charge in [0.15, 0.2) is 0 Å². The van der Waals surface area contributed by atoms with Gasteiger partial charge in [0.05, 0.1) is 52.9 Å². The quantitative estimate of drug-likeness (QED) is 0.811. The van der Waals surface area contributed by atoms with Gasteiger partial charge in [-0.1, -0.05) is 11.6 Å². The lowest BCUT2D eigenvalue weighted by molar-refractivity contribution is 0.0409. The number of hydrogen-bond acceptors (Lipinski definition) is 6. The molecule has 2 rings (SSSR count). The maximum Gasteiger partial charge on any atom is 0.0701 e. The van der Waals surface area contributed by atoms with Crippen molar-refractivity contribution < 1.29 is 18.9 Å². The van der Waals surface area contributed by atoms with Crippen molar-refractivity contribution in [1.82, 2.24) is 5.32 Å². The first-order chi connectivity index (χ1) is 12.4. The number of halogens is 1. The Hall–Kier alpha value is -0.890. The lowest BCUT2D eigenvalue weighted by Gasteiger charge is -2.25. The van der Waals surface area contributed by atoms with Gasteiger partial charge in [0, 0.05) is 36.9 Å². The number of benzene rings is 1. The zero-order valence-corrected chi connectivity index (χ0v) is 15.5. The monoisotopic (exact) mass is 372 g/mol. The van der Waals surface area contributed by atoms with E-state index in [1.807, 2.05) is 24.3 Å². The highest BCUT2D eigenvalue weighted by molar-refractivity contribution is 6.30. The topological polar surface area (TPSA) is 52.2 Å². The van der Waals surface area contributed by atoms with Crippen LogP contribution in [0, 0.1) is 0 Å². The van der Waals surface area contributed by atoms with Gasteiger partial charge in [0.2, 0.25) is 0 Å². The molecule has 0 spiro atoms. The van der Waals surface area contributed by atoms with Crippen molar-refractivity contribution in [3.8, 4) is 0 Å². The van der Waals surface area contributed by atoms with E-state index < -0.39 is 0 Å². The van der Waals surface area contributed by atoms with Crippen LogP contribution in [0.2, 0.25) is 5.02 Å². The van der Waals surface area contributed by atoms with Crippen LogP contribution in [0.1, 0.15) is 0 Å². The molecular weight excluding hydrogens is 344 g/mol. The van der Waals surface area contributed by atoms with E-state index in [0.717, 1.165) is 36.9 Å². The molecule has 0 aromatic heterocycles. The van der Waals surface area contributed by atoms with Crippen LogP contribution in [0.5, 0.6) is 0 Å². The van der Waals surface area contributed by atoms with E-state index in [1.165, 1.54) is 0 Å². The molecule has 1 N–H and O–H groups in total. The van der Waals surface area contributed by atoms with Crippen LogP contribution in [0.4, 0.5) is 5.69 Å². The van der Waals surface area contributed by atoms with E-state index in [-0.39, 0.29) is 0 Å². The molecule has 1 heterocycles. The summed E-state index contributed by atoms with van der Waals surface area (Å²) >= 11 is 5.98. The van der Waals surface area contributed by atoms with Crippen LogP contribution >= 0.6 is 11.6 Å². The van der Waals surface area contributed by atoms with E-state index in [9.17, 15) is 0 Å². The number of anilines is 1. The molecule has 0 bridgehead atoms. The highest BCUT2D eigenvalue weighted by atomic mass is 35.5. The number of ether oxygens (including phenoxy) is 4. The Morgan fingerprint density at radius 2 is 1.16 bits per heavy atom. The summed E-state index contributed by atoms with van der Waals surface area (Å²) in [6.07, 6.45) is 0. The van der Waals surface area contributed by atoms with Crippen molar-refractivity contribution in [1.29, 1.82) is 0 Å². The van der Waals surface area contributed by atoms with Crippen LogP contribution in [0.15, 0.2) is 24.3 Å². The van der Waals surface area contributed by atoms with Gasteiger partial charge >= 0.3 is 0 Å². The van der Waals surface area contributed by atoms with E-state index in [1.54, 1.807) is 0 Å². The Balaban J connectivity index is 1.80. The third kappa shape index (κ3) is 9.39. The molecule has 1 aliphatic rings. The maximum absolute atomic E-state index is 5.98. The minimum Gasteiger partial charge on any atom is -0.378 e. The van der Waals surface area contributed by atoms with Gasteiger partial charge in [-0.05, 0) is 24.3 Å². The van der Waals surface area contributed by atoms with Gasteiger partial charge in [-0.25, -0.2) is 0 Å². The molecule has 0 radical (unpaired) electrons. The van der Waals surface area contributed by atoms with E-state index in [0.29, 0.717) is 52.9 Å². The van der Waals surface area contributed by atoms with Crippen molar-refractivity contribution in [2.45, 2.75) is 0 Å². The Morgan fingerprint density at radius 1 is 0.680 bits per heavy atom. The molecule has 1 aromatic carbocycles. The number of hydrogen-bond donors (Lipinski definition) is 1.